The van der Waals surface area contributed by atoms with Crippen LogP contribution >= 0.6 is 0 Å². The van der Waals surface area contributed by atoms with Crippen molar-refractivity contribution < 1.29 is 0 Å². The lowest BCUT2D eigenvalue weighted by molar-refractivity contribution is 0.202. The van der Waals surface area contributed by atoms with Gasteiger partial charge >= 0.3 is 0 Å². The summed E-state index contributed by atoms with van der Waals surface area (Å²) >= 11 is 0. The third-order valence-corrected chi connectivity index (χ3v) is 3.49. The fourth-order valence-corrected chi connectivity index (χ4v) is 2.55. The van der Waals surface area contributed by atoms with E-state index in [4.69, 9.17) is 5.73 Å². The summed E-state index contributed by atoms with van der Waals surface area (Å²) in [5, 5.41) is 0. The van der Waals surface area contributed by atoms with Gasteiger partial charge in [-0.15, -0.1) is 0 Å². The predicted octanol–water partition coefficient (Wildman–Crippen LogP) is 0.990. The van der Waals surface area contributed by atoms with Crippen LogP contribution in [0.3, 0.4) is 0 Å². The number of hydrogen-bond acceptors (Lipinski definition) is 1. The molecule has 3 fully saturated rings. The van der Waals surface area contributed by atoms with Crippen LogP contribution < -0.4 is 5.73 Å². The van der Waals surface area contributed by atoms with Crippen LogP contribution in [0, 0.1) is 23.7 Å². The highest BCUT2D eigenvalue weighted by molar-refractivity contribution is 5.16. The van der Waals surface area contributed by atoms with Crippen molar-refractivity contribution in [1.29, 1.82) is 0 Å². The van der Waals surface area contributed by atoms with Gasteiger partial charge in [-0.3, -0.25) is 0 Å². The highest BCUT2D eigenvalue weighted by Gasteiger charge is 2.67. The van der Waals surface area contributed by atoms with Crippen LogP contribution in [0.2, 0.25) is 0 Å². The summed E-state index contributed by atoms with van der Waals surface area (Å²) in [6.07, 6.45) is 4.26. The topological polar surface area (TPSA) is 26.0 Å². The van der Waals surface area contributed by atoms with Gasteiger partial charge in [0.05, 0.1) is 0 Å². The molecule has 0 bridgehead atoms. The minimum absolute atomic E-state index is 0.579. The van der Waals surface area contributed by atoms with Gasteiger partial charge in [-0.25, -0.2) is 0 Å². The molecular weight excluding hydrogens is 110 g/mol. The predicted molar refractivity (Wildman–Crippen MR) is 35.8 cm³/mol. The highest BCUT2D eigenvalue weighted by atomic mass is 14.8. The first-order valence-electron chi connectivity index (χ1n) is 4.12. The van der Waals surface area contributed by atoms with Crippen molar-refractivity contribution in [1.82, 2.24) is 0 Å². The molecule has 9 heavy (non-hydrogen) atoms. The Morgan fingerprint density at radius 2 is 1.67 bits per heavy atom. The third-order valence-electron chi connectivity index (χ3n) is 3.49. The van der Waals surface area contributed by atoms with Crippen LogP contribution in [0.25, 0.3) is 0 Å². The van der Waals surface area contributed by atoms with Crippen molar-refractivity contribution in [2.45, 2.75) is 25.3 Å². The van der Waals surface area contributed by atoms with Crippen LogP contribution in [0.5, 0.6) is 0 Å². The molecular formula is C8H13N. The molecule has 0 radical (unpaired) electrons. The fraction of sp³-hybridized carbons (Fsp3) is 1.00. The van der Waals surface area contributed by atoms with Crippen LogP contribution in [0.4, 0.5) is 0 Å². The summed E-state index contributed by atoms with van der Waals surface area (Å²) < 4.78 is 0. The van der Waals surface area contributed by atoms with Crippen LogP contribution in [-0.4, -0.2) is 6.04 Å². The Morgan fingerprint density at radius 3 is 2.00 bits per heavy atom. The summed E-state index contributed by atoms with van der Waals surface area (Å²) in [6.45, 7) is 0. The van der Waals surface area contributed by atoms with E-state index in [9.17, 15) is 0 Å². The summed E-state index contributed by atoms with van der Waals surface area (Å²) in [5.74, 6) is 4.64. The standard InChI is InChI=1S/C8H13N/c9-5-1-4(2-5)8-6-3-7(6)8/h4-8H,1-3,9H2. The zero-order valence-electron chi connectivity index (χ0n) is 5.59. The van der Waals surface area contributed by atoms with E-state index >= 15 is 0 Å². The Labute approximate surface area is 55.6 Å². The number of rotatable bonds is 1. The first-order chi connectivity index (χ1) is 4.36. The normalized spacial score (nSPS) is 68.3. The van der Waals surface area contributed by atoms with Gasteiger partial charge in [0.2, 0.25) is 0 Å². The summed E-state index contributed by atoms with van der Waals surface area (Å²) in [5.41, 5.74) is 5.69. The Bertz CT molecular complexity index is 141. The Morgan fingerprint density at radius 1 is 1.00 bits per heavy atom. The SMILES string of the molecule is NC1CC(C2C3CC32)C1. The van der Waals surface area contributed by atoms with Crippen LogP contribution in [-0.2, 0) is 0 Å². The van der Waals surface area contributed by atoms with Crippen molar-refractivity contribution in [2.75, 3.05) is 0 Å². The van der Waals surface area contributed by atoms with E-state index in [0.29, 0.717) is 6.04 Å². The number of hydrogen-bond donors (Lipinski definition) is 1. The lowest BCUT2D eigenvalue weighted by Gasteiger charge is -2.34. The molecule has 2 N–H and O–H groups in total. The average Bonchev–Trinajstić information content (AvgIpc) is 2.43. The number of nitrogens with two attached hydrogens (primary N) is 1. The smallest absolute Gasteiger partial charge is 0.00443 e. The molecule has 3 aliphatic rings. The second kappa shape index (κ2) is 1.20. The molecule has 3 saturated carbocycles. The van der Waals surface area contributed by atoms with E-state index in [1.807, 2.05) is 0 Å². The molecule has 3 aliphatic carbocycles. The van der Waals surface area contributed by atoms with Gasteiger partial charge in [0.15, 0.2) is 0 Å². The molecule has 1 heteroatoms. The van der Waals surface area contributed by atoms with Gasteiger partial charge in [0.25, 0.3) is 0 Å². The van der Waals surface area contributed by atoms with Gasteiger partial charge in [-0.05, 0) is 42.9 Å². The molecule has 0 aromatic heterocycles. The van der Waals surface area contributed by atoms with Gasteiger partial charge in [-0.1, -0.05) is 0 Å². The molecule has 2 unspecified atom stereocenters. The molecule has 0 aromatic rings. The maximum Gasteiger partial charge on any atom is 0.00443 e. The Kier molecular flexibility index (Phi) is 0.628. The molecule has 2 atom stereocenters. The molecule has 0 amide bonds. The summed E-state index contributed by atoms with van der Waals surface area (Å²) in [6, 6.07) is 0.579. The third kappa shape index (κ3) is 0.493. The molecule has 0 spiro atoms. The first kappa shape index (κ1) is 4.73. The molecule has 1 nitrogen and oxygen atoms in total. The van der Waals surface area contributed by atoms with Crippen molar-refractivity contribution >= 4 is 0 Å². The minimum atomic E-state index is 0.579. The molecule has 0 aliphatic heterocycles. The maximum absolute atomic E-state index is 5.69. The summed E-state index contributed by atoms with van der Waals surface area (Å²) in [7, 11) is 0. The van der Waals surface area contributed by atoms with E-state index < -0.39 is 0 Å². The Balaban J connectivity index is 1.59. The largest absolute Gasteiger partial charge is 0.328 e. The van der Waals surface area contributed by atoms with Crippen molar-refractivity contribution in [3.63, 3.8) is 0 Å². The van der Waals surface area contributed by atoms with E-state index in [-0.39, 0.29) is 0 Å². The second-order valence-corrected chi connectivity index (χ2v) is 4.13. The Hall–Kier alpha value is -0.0400. The van der Waals surface area contributed by atoms with Gasteiger partial charge in [0.1, 0.15) is 0 Å². The van der Waals surface area contributed by atoms with Crippen LogP contribution in [0.15, 0.2) is 0 Å². The lowest BCUT2D eigenvalue weighted by atomic mass is 9.75. The lowest BCUT2D eigenvalue weighted by Crippen LogP contribution is -2.38. The fourth-order valence-electron chi connectivity index (χ4n) is 2.55. The average molecular weight is 123 g/mol. The van der Waals surface area contributed by atoms with Gasteiger partial charge in [-0.2, -0.15) is 0 Å². The molecule has 0 aromatic carbocycles. The zero-order chi connectivity index (χ0) is 6.01. The molecule has 50 valence electrons. The van der Waals surface area contributed by atoms with E-state index in [0.717, 1.165) is 5.92 Å². The summed E-state index contributed by atoms with van der Waals surface area (Å²) in [4.78, 5) is 0. The maximum atomic E-state index is 5.69. The van der Waals surface area contributed by atoms with Crippen molar-refractivity contribution in [3.8, 4) is 0 Å². The van der Waals surface area contributed by atoms with Gasteiger partial charge < -0.3 is 5.73 Å². The molecule has 0 saturated heterocycles. The van der Waals surface area contributed by atoms with Gasteiger partial charge in [0, 0.05) is 6.04 Å². The first-order valence-corrected chi connectivity index (χ1v) is 4.12. The monoisotopic (exact) mass is 123 g/mol. The number of fused-ring (bicyclic) bond motifs is 1. The zero-order valence-corrected chi connectivity index (χ0v) is 5.59. The molecule has 0 heterocycles. The van der Waals surface area contributed by atoms with Crippen molar-refractivity contribution in [2.24, 2.45) is 29.4 Å². The van der Waals surface area contributed by atoms with Crippen LogP contribution in [0.1, 0.15) is 19.3 Å². The molecule has 3 rings (SSSR count). The second-order valence-electron chi connectivity index (χ2n) is 4.13. The highest BCUT2D eigenvalue weighted by Crippen LogP contribution is 2.73. The van der Waals surface area contributed by atoms with E-state index in [1.165, 1.54) is 30.6 Å². The quantitative estimate of drug-likeness (QED) is 0.553. The van der Waals surface area contributed by atoms with E-state index in [1.54, 1.807) is 6.42 Å². The van der Waals surface area contributed by atoms with E-state index in [2.05, 4.69) is 0 Å². The minimum Gasteiger partial charge on any atom is -0.328 e. The van der Waals surface area contributed by atoms with Crippen molar-refractivity contribution in [3.05, 3.63) is 0 Å².